The highest BCUT2D eigenvalue weighted by atomic mass is 16.3. The Labute approximate surface area is 443 Å². The highest BCUT2D eigenvalue weighted by molar-refractivity contribution is 6.15. The molecule has 1 heterocycles. The molecule has 0 fully saturated rings. The largest absolute Gasteiger partial charge is 0.455 e. The molecule has 13 aromatic rings. The highest BCUT2D eigenvalue weighted by Crippen LogP contribution is 2.52. The maximum atomic E-state index is 6.52. The van der Waals surface area contributed by atoms with E-state index in [0.29, 0.717) is 0 Å². The van der Waals surface area contributed by atoms with Gasteiger partial charge in [0.15, 0.2) is 0 Å². The van der Waals surface area contributed by atoms with Gasteiger partial charge in [0.2, 0.25) is 0 Å². The minimum absolute atomic E-state index is 0.174. The van der Waals surface area contributed by atoms with Gasteiger partial charge < -0.3 is 14.2 Å². The molecule has 1 aliphatic rings. The van der Waals surface area contributed by atoms with Crippen LogP contribution in [-0.2, 0) is 5.41 Å². The molecule has 360 valence electrons. The van der Waals surface area contributed by atoms with Crippen molar-refractivity contribution in [3.05, 3.63) is 290 Å². The summed E-state index contributed by atoms with van der Waals surface area (Å²) >= 11 is 0. The van der Waals surface area contributed by atoms with E-state index in [1.54, 1.807) is 0 Å². The predicted molar refractivity (Wildman–Crippen MR) is 320 cm³/mol. The Kier molecular flexibility index (Phi) is 10.9. The Hall–Kier alpha value is -9.70. The van der Waals surface area contributed by atoms with Gasteiger partial charge in [0.25, 0.3) is 0 Å². The SMILES string of the molecule is CC1(C)c2ccccc2-c2ccc(N(c3ccccc3)c3cc(-c4ccc(-c5ccc6oc7c8ccccc8ccc7c6c5)cc4)cc(N(c4ccccc4)c4ccc(-c5ccccc5)cc4-c4ccccc4)c3)cc21. The minimum Gasteiger partial charge on any atom is -0.455 e. The molecule has 0 bridgehead atoms. The molecule has 0 spiro atoms. The molecule has 12 aromatic carbocycles. The van der Waals surface area contributed by atoms with Gasteiger partial charge in [0.05, 0.1) is 5.69 Å². The summed E-state index contributed by atoms with van der Waals surface area (Å²) in [4.78, 5) is 4.88. The van der Waals surface area contributed by atoms with Gasteiger partial charge in [0.1, 0.15) is 11.2 Å². The van der Waals surface area contributed by atoms with Crippen molar-refractivity contribution in [1.82, 2.24) is 0 Å². The van der Waals surface area contributed by atoms with Crippen LogP contribution in [0.25, 0.3) is 88.3 Å². The molecule has 0 saturated carbocycles. The van der Waals surface area contributed by atoms with E-state index in [9.17, 15) is 0 Å². The van der Waals surface area contributed by atoms with Gasteiger partial charge in [-0.05, 0) is 152 Å². The number of rotatable bonds is 10. The minimum atomic E-state index is -0.174. The molecule has 0 amide bonds. The van der Waals surface area contributed by atoms with Crippen molar-refractivity contribution in [2.75, 3.05) is 9.80 Å². The second-order valence-corrected chi connectivity index (χ2v) is 20.5. The Morgan fingerprint density at radius 1 is 0.289 bits per heavy atom. The Morgan fingerprint density at radius 3 is 1.58 bits per heavy atom. The van der Waals surface area contributed by atoms with E-state index in [2.05, 4.69) is 303 Å². The zero-order valence-corrected chi connectivity index (χ0v) is 42.4. The van der Waals surface area contributed by atoms with E-state index in [-0.39, 0.29) is 5.41 Å². The first kappa shape index (κ1) is 45.0. The predicted octanol–water partition coefficient (Wildman–Crippen LogP) is 20.7. The Balaban J connectivity index is 0.967. The third-order valence-electron chi connectivity index (χ3n) is 15.6. The molecular formula is C73H52N2O. The number of fused-ring (bicyclic) bond motifs is 8. The van der Waals surface area contributed by atoms with Crippen LogP contribution in [0.2, 0.25) is 0 Å². The van der Waals surface area contributed by atoms with Gasteiger partial charge in [-0.2, -0.15) is 0 Å². The van der Waals surface area contributed by atoms with E-state index in [1.165, 1.54) is 33.2 Å². The van der Waals surface area contributed by atoms with Crippen LogP contribution in [0, 0.1) is 0 Å². The lowest BCUT2D eigenvalue weighted by Gasteiger charge is -2.32. The highest BCUT2D eigenvalue weighted by Gasteiger charge is 2.36. The summed E-state index contributed by atoms with van der Waals surface area (Å²) in [5, 5.41) is 4.55. The summed E-state index contributed by atoms with van der Waals surface area (Å²) in [7, 11) is 0. The average Bonchev–Trinajstić information content (AvgIpc) is 4.01. The van der Waals surface area contributed by atoms with E-state index in [1.807, 2.05) is 0 Å². The third-order valence-corrected chi connectivity index (χ3v) is 15.6. The normalized spacial score (nSPS) is 12.4. The Bertz CT molecular complexity index is 4290. The lowest BCUT2D eigenvalue weighted by molar-refractivity contribution is 0.660. The Morgan fingerprint density at radius 2 is 0.842 bits per heavy atom. The second kappa shape index (κ2) is 18.3. The summed E-state index contributed by atoms with van der Waals surface area (Å²) < 4.78 is 6.52. The van der Waals surface area contributed by atoms with Crippen LogP contribution in [0.4, 0.5) is 34.1 Å². The van der Waals surface area contributed by atoms with E-state index >= 15 is 0 Å². The molecule has 0 aliphatic heterocycles. The van der Waals surface area contributed by atoms with Crippen molar-refractivity contribution in [2.45, 2.75) is 19.3 Å². The van der Waals surface area contributed by atoms with Crippen LogP contribution < -0.4 is 9.80 Å². The van der Waals surface area contributed by atoms with Crippen LogP contribution in [0.1, 0.15) is 25.0 Å². The topological polar surface area (TPSA) is 19.6 Å². The van der Waals surface area contributed by atoms with Crippen LogP contribution >= 0.6 is 0 Å². The molecule has 0 N–H and O–H groups in total. The molecule has 0 atom stereocenters. The first-order valence-electron chi connectivity index (χ1n) is 26.2. The number of hydrogen-bond acceptors (Lipinski definition) is 3. The van der Waals surface area contributed by atoms with Gasteiger partial charge in [-0.3, -0.25) is 0 Å². The fourth-order valence-corrected chi connectivity index (χ4v) is 11.8. The summed E-state index contributed by atoms with van der Waals surface area (Å²) in [6, 6.07) is 102. The van der Waals surface area contributed by atoms with Crippen LogP contribution in [0.3, 0.4) is 0 Å². The maximum Gasteiger partial charge on any atom is 0.143 e. The first-order chi connectivity index (χ1) is 37.4. The molecule has 3 nitrogen and oxygen atoms in total. The molecule has 0 radical (unpaired) electrons. The first-order valence-corrected chi connectivity index (χ1v) is 26.2. The van der Waals surface area contributed by atoms with E-state index in [0.717, 1.165) is 100 Å². The number of para-hydroxylation sites is 2. The summed E-state index contributed by atoms with van der Waals surface area (Å²) in [6.45, 7) is 4.72. The number of benzene rings is 12. The van der Waals surface area contributed by atoms with Crippen LogP contribution in [0.5, 0.6) is 0 Å². The van der Waals surface area contributed by atoms with Gasteiger partial charge >= 0.3 is 0 Å². The van der Waals surface area contributed by atoms with Crippen molar-refractivity contribution in [3.8, 4) is 55.6 Å². The van der Waals surface area contributed by atoms with Gasteiger partial charge in [-0.15, -0.1) is 0 Å². The lowest BCUT2D eigenvalue weighted by atomic mass is 9.82. The van der Waals surface area contributed by atoms with Gasteiger partial charge in [-0.1, -0.05) is 208 Å². The quantitative estimate of drug-likeness (QED) is 0.136. The number of hydrogen-bond donors (Lipinski definition) is 0. The summed E-state index contributed by atoms with van der Waals surface area (Å²) in [5.74, 6) is 0. The zero-order chi connectivity index (χ0) is 50.7. The molecule has 1 aliphatic carbocycles. The molecular weight excluding hydrogens is 921 g/mol. The van der Waals surface area contributed by atoms with E-state index < -0.39 is 0 Å². The van der Waals surface area contributed by atoms with Gasteiger partial charge in [0, 0.05) is 55.6 Å². The monoisotopic (exact) mass is 972 g/mol. The fourth-order valence-electron chi connectivity index (χ4n) is 11.8. The summed E-state index contributed by atoms with van der Waals surface area (Å²) in [6.07, 6.45) is 0. The van der Waals surface area contributed by atoms with Crippen molar-refractivity contribution in [2.24, 2.45) is 0 Å². The zero-order valence-electron chi connectivity index (χ0n) is 42.4. The third kappa shape index (κ3) is 7.75. The fraction of sp³-hybridized carbons (Fsp3) is 0.0411. The molecule has 0 unspecified atom stereocenters. The van der Waals surface area contributed by atoms with Crippen LogP contribution in [-0.4, -0.2) is 0 Å². The maximum absolute atomic E-state index is 6.52. The number of furan rings is 1. The molecule has 3 heteroatoms. The van der Waals surface area contributed by atoms with Crippen molar-refractivity contribution < 1.29 is 4.42 Å². The molecule has 0 saturated heterocycles. The standard InChI is InChI=1S/C73H52N2O/c1-73(2)68-30-18-17-29-63(68)64-40-38-59(48-69(64)73)74(57-24-11-5-12-25-57)60-43-56(51-33-31-50(32-34-51)55-37-42-71-67(46-55)65-39-35-53-23-15-16-28-62(53)72(65)76-71)44-61(47-60)75(58-26-13-6-14-27-58)70-41-36-54(49-19-7-3-8-20-49)45-66(70)52-21-9-4-10-22-52/h3-48H,1-2H3. The average molecular weight is 973 g/mol. The van der Waals surface area contributed by atoms with E-state index in [4.69, 9.17) is 4.42 Å². The van der Waals surface area contributed by atoms with Crippen molar-refractivity contribution in [1.29, 1.82) is 0 Å². The lowest BCUT2D eigenvalue weighted by Crippen LogP contribution is -2.17. The van der Waals surface area contributed by atoms with Crippen LogP contribution in [0.15, 0.2) is 283 Å². The second-order valence-electron chi connectivity index (χ2n) is 20.5. The summed E-state index contributed by atoms with van der Waals surface area (Å²) in [5.41, 5.74) is 22.4. The molecule has 76 heavy (non-hydrogen) atoms. The number of nitrogens with zero attached hydrogens (tertiary/aromatic N) is 2. The van der Waals surface area contributed by atoms with Crippen molar-refractivity contribution in [3.63, 3.8) is 0 Å². The van der Waals surface area contributed by atoms with Gasteiger partial charge in [-0.25, -0.2) is 0 Å². The molecule has 1 aromatic heterocycles. The molecule has 14 rings (SSSR count). The number of anilines is 6. The van der Waals surface area contributed by atoms with Crippen molar-refractivity contribution >= 4 is 66.8 Å². The smallest absolute Gasteiger partial charge is 0.143 e.